The summed E-state index contributed by atoms with van der Waals surface area (Å²) < 4.78 is 5.74. The number of carbonyl (C=O) groups excluding carboxylic acids is 1. The van der Waals surface area contributed by atoms with Gasteiger partial charge < -0.3 is 9.84 Å². The van der Waals surface area contributed by atoms with Crippen molar-refractivity contribution in [2.45, 2.75) is 13.0 Å². The Bertz CT molecular complexity index is 389. The highest BCUT2D eigenvalue weighted by molar-refractivity contribution is 9.10. The molecule has 0 aliphatic rings. The van der Waals surface area contributed by atoms with E-state index in [9.17, 15) is 9.59 Å². The summed E-state index contributed by atoms with van der Waals surface area (Å²) in [5.74, 6) is -0.694. The van der Waals surface area contributed by atoms with Gasteiger partial charge in [0.2, 0.25) is 0 Å². The molecular formula is C10H9BrO4. The standard InChI is InChI=1S/C10H9BrO4/c1-6(10(13)14)15-8-2-3-9(11)7(4-8)5-12/h2-6H,1H3,(H,13,14). The quantitative estimate of drug-likeness (QED) is 0.853. The Morgan fingerprint density at radius 1 is 1.60 bits per heavy atom. The minimum absolute atomic E-state index is 0.357. The molecule has 15 heavy (non-hydrogen) atoms. The highest BCUT2D eigenvalue weighted by atomic mass is 79.9. The van der Waals surface area contributed by atoms with Crippen molar-refractivity contribution in [2.75, 3.05) is 0 Å². The fraction of sp³-hybridized carbons (Fsp3) is 0.200. The monoisotopic (exact) mass is 272 g/mol. The number of carboxylic acid groups (broad SMARTS) is 1. The Morgan fingerprint density at radius 3 is 2.80 bits per heavy atom. The number of ether oxygens (including phenoxy) is 1. The van der Waals surface area contributed by atoms with Crippen molar-refractivity contribution in [3.05, 3.63) is 28.2 Å². The Kier molecular flexibility index (Phi) is 3.85. The zero-order valence-electron chi connectivity index (χ0n) is 7.94. The van der Waals surface area contributed by atoms with Crippen LogP contribution in [0.25, 0.3) is 0 Å². The molecule has 0 bridgehead atoms. The molecule has 1 atom stereocenters. The van der Waals surface area contributed by atoms with Crippen molar-refractivity contribution in [1.29, 1.82) is 0 Å². The van der Waals surface area contributed by atoms with Crippen LogP contribution in [0.5, 0.6) is 5.75 Å². The summed E-state index contributed by atoms with van der Waals surface area (Å²) in [4.78, 5) is 21.1. The third-order valence-corrected chi connectivity index (χ3v) is 2.48. The van der Waals surface area contributed by atoms with Crippen LogP contribution in [-0.4, -0.2) is 23.5 Å². The number of carbonyl (C=O) groups is 2. The lowest BCUT2D eigenvalue weighted by molar-refractivity contribution is -0.144. The molecule has 1 rings (SSSR count). The summed E-state index contributed by atoms with van der Waals surface area (Å²) >= 11 is 3.18. The molecule has 1 unspecified atom stereocenters. The van der Waals surface area contributed by atoms with E-state index in [1.165, 1.54) is 13.0 Å². The molecule has 0 radical (unpaired) electrons. The fourth-order valence-corrected chi connectivity index (χ4v) is 1.28. The second kappa shape index (κ2) is 4.93. The van der Waals surface area contributed by atoms with E-state index in [-0.39, 0.29) is 0 Å². The van der Waals surface area contributed by atoms with Gasteiger partial charge in [0, 0.05) is 10.0 Å². The van der Waals surface area contributed by atoms with Crippen LogP contribution in [0.3, 0.4) is 0 Å². The van der Waals surface area contributed by atoms with Crippen molar-refractivity contribution in [2.24, 2.45) is 0 Å². The summed E-state index contributed by atoms with van der Waals surface area (Å²) in [6.45, 7) is 1.42. The first-order valence-corrected chi connectivity index (χ1v) is 4.98. The van der Waals surface area contributed by atoms with E-state index in [4.69, 9.17) is 9.84 Å². The number of hydrogen-bond donors (Lipinski definition) is 1. The van der Waals surface area contributed by atoms with Gasteiger partial charge in [-0.2, -0.15) is 0 Å². The molecule has 0 saturated heterocycles. The van der Waals surface area contributed by atoms with Gasteiger partial charge in [-0.1, -0.05) is 15.9 Å². The van der Waals surface area contributed by atoms with Crippen LogP contribution in [0.4, 0.5) is 0 Å². The lowest BCUT2D eigenvalue weighted by Crippen LogP contribution is -2.22. The maximum absolute atomic E-state index is 10.6. The molecule has 1 aromatic rings. The zero-order chi connectivity index (χ0) is 11.4. The number of rotatable bonds is 4. The molecule has 1 aromatic carbocycles. The first kappa shape index (κ1) is 11.7. The first-order valence-electron chi connectivity index (χ1n) is 4.18. The van der Waals surface area contributed by atoms with Crippen molar-refractivity contribution >= 4 is 28.2 Å². The van der Waals surface area contributed by atoms with Gasteiger partial charge >= 0.3 is 5.97 Å². The highest BCUT2D eigenvalue weighted by Crippen LogP contribution is 2.21. The molecule has 80 valence electrons. The number of benzene rings is 1. The second-order valence-corrected chi connectivity index (χ2v) is 3.75. The van der Waals surface area contributed by atoms with E-state index in [1.807, 2.05) is 0 Å². The van der Waals surface area contributed by atoms with Crippen molar-refractivity contribution in [3.8, 4) is 5.75 Å². The predicted octanol–water partition coefficient (Wildman–Crippen LogP) is 2.11. The third-order valence-electron chi connectivity index (χ3n) is 1.76. The smallest absolute Gasteiger partial charge is 0.344 e. The second-order valence-electron chi connectivity index (χ2n) is 2.90. The molecular weight excluding hydrogens is 264 g/mol. The Hall–Kier alpha value is -1.36. The van der Waals surface area contributed by atoms with Gasteiger partial charge in [0.15, 0.2) is 12.4 Å². The van der Waals surface area contributed by atoms with Gasteiger partial charge in [-0.15, -0.1) is 0 Å². The van der Waals surface area contributed by atoms with E-state index >= 15 is 0 Å². The molecule has 5 heteroatoms. The fourth-order valence-electron chi connectivity index (χ4n) is 0.940. The minimum Gasteiger partial charge on any atom is -0.479 e. The molecule has 0 aromatic heterocycles. The topological polar surface area (TPSA) is 63.6 Å². The molecule has 4 nitrogen and oxygen atoms in total. The number of hydrogen-bond acceptors (Lipinski definition) is 3. The maximum Gasteiger partial charge on any atom is 0.344 e. The van der Waals surface area contributed by atoms with Gasteiger partial charge in [-0.05, 0) is 25.1 Å². The van der Waals surface area contributed by atoms with Gasteiger partial charge in [0.05, 0.1) is 0 Å². The minimum atomic E-state index is -1.05. The first-order chi connectivity index (χ1) is 7.04. The van der Waals surface area contributed by atoms with Gasteiger partial charge in [-0.3, -0.25) is 4.79 Å². The van der Waals surface area contributed by atoms with Crippen LogP contribution >= 0.6 is 15.9 Å². The van der Waals surface area contributed by atoms with Crippen LogP contribution in [0.15, 0.2) is 22.7 Å². The van der Waals surface area contributed by atoms with E-state index < -0.39 is 12.1 Å². The maximum atomic E-state index is 10.6. The zero-order valence-corrected chi connectivity index (χ0v) is 9.52. The van der Waals surface area contributed by atoms with E-state index in [2.05, 4.69) is 15.9 Å². The van der Waals surface area contributed by atoms with Crippen LogP contribution in [0, 0.1) is 0 Å². The Balaban J connectivity index is 2.87. The number of aliphatic carboxylic acids is 1. The Labute approximate surface area is 95.0 Å². The van der Waals surface area contributed by atoms with Crippen LogP contribution in [0.1, 0.15) is 17.3 Å². The molecule has 0 saturated carbocycles. The summed E-state index contributed by atoms with van der Waals surface area (Å²) in [5, 5.41) is 8.62. The summed E-state index contributed by atoms with van der Waals surface area (Å²) in [6.07, 6.45) is -0.270. The van der Waals surface area contributed by atoms with Crippen molar-refractivity contribution in [3.63, 3.8) is 0 Å². The summed E-state index contributed by atoms with van der Waals surface area (Å²) in [7, 11) is 0. The lowest BCUT2D eigenvalue weighted by atomic mass is 10.2. The average Bonchev–Trinajstić information content (AvgIpc) is 2.20. The molecule has 1 N–H and O–H groups in total. The Morgan fingerprint density at radius 2 is 2.27 bits per heavy atom. The molecule has 0 fully saturated rings. The van der Waals surface area contributed by atoms with Crippen LogP contribution < -0.4 is 4.74 Å². The van der Waals surface area contributed by atoms with E-state index in [0.717, 1.165) is 0 Å². The summed E-state index contributed by atoms with van der Waals surface area (Å²) in [6, 6.07) is 4.71. The average molecular weight is 273 g/mol. The third kappa shape index (κ3) is 3.06. The predicted molar refractivity (Wildman–Crippen MR) is 57.3 cm³/mol. The summed E-state index contributed by atoms with van der Waals surface area (Å²) in [5.41, 5.74) is 0.421. The van der Waals surface area contributed by atoms with E-state index in [1.54, 1.807) is 12.1 Å². The van der Waals surface area contributed by atoms with Gasteiger partial charge in [0.1, 0.15) is 5.75 Å². The van der Waals surface area contributed by atoms with Crippen molar-refractivity contribution < 1.29 is 19.4 Å². The van der Waals surface area contributed by atoms with Crippen molar-refractivity contribution in [1.82, 2.24) is 0 Å². The SMILES string of the molecule is CC(Oc1ccc(Br)c(C=O)c1)C(=O)O. The molecule has 0 heterocycles. The van der Waals surface area contributed by atoms with Crippen LogP contribution in [0.2, 0.25) is 0 Å². The number of aldehydes is 1. The molecule has 0 amide bonds. The highest BCUT2D eigenvalue weighted by Gasteiger charge is 2.12. The molecule has 0 aliphatic carbocycles. The molecule has 0 aliphatic heterocycles. The van der Waals surface area contributed by atoms with Gasteiger partial charge in [0.25, 0.3) is 0 Å². The normalized spacial score (nSPS) is 11.9. The number of carboxylic acids is 1. The van der Waals surface area contributed by atoms with Gasteiger partial charge in [-0.25, -0.2) is 4.79 Å². The number of halogens is 1. The largest absolute Gasteiger partial charge is 0.479 e. The lowest BCUT2D eigenvalue weighted by Gasteiger charge is -2.10. The molecule has 0 spiro atoms. The van der Waals surface area contributed by atoms with E-state index in [0.29, 0.717) is 22.1 Å². The van der Waals surface area contributed by atoms with Crippen LogP contribution in [-0.2, 0) is 4.79 Å².